The first-order valence-corrected chi connectivity index (χ1v) is 6.82. The molecule has 2 heterocycles. The van der Waals surface area contributed by atoms with Crippen molar-refractivity contribution < 1.29 is 9.59 Å². The summed E-state index contributed by atoms with van der Waals surface area (Å²) in [5.41, 5.74) is 6.05. The first-order chi connectivity index (χ1) is 9.69. The van der Waals surface area contributed by atoms with Crippen molar-refractivity contribution in [3.8, 4) is 0 Å². The topological polar surface area (TPSA) is 106 Å². The average Bonchev–Trinajstić information content (AvgIpc) is 3.09. The quantitative estimate of drug-likeness (QED) is 0.685. The summed E-state index contributed by atoms with van der Waals surface area (Å²) in [6.45, 7) is 2.42. The summed E-state index contributed by atoms with van der Waals surface area (Å²) < 4.78 is 1.43. The highest BCUT2D eigenvalue weighted by Crippen LogP contribution is 2.08. The zero-order valence-corrected chi connectivity index (χ0v) is 11.4. The third-order valence-corrected chi connectivity index (χ3v) is 3.22. The first-order valence-electron chi connectivity index (χ1n) is 6.82. The predicted molar refractivity (Wildman–Crippen MR) is 71.4 cm³/mol. The molecule has 0 radical (unpaired) electrons. The standard InChI is InChI=1S/C12H20N6O2/c13-7-10-8-18(16-15-10)9-11(19)14-4-3-12(20)17-5-1-2-6-17/h8H,1-7,9,13H2,(H,14,19). The molecule has 1 aliphatic rings. The average molecular weight is 280 g/mol. The van der Waals surface area contributed by atoms with Crippen LogP contribution in [0.25, 0.3) is 0 Å². The van der Waals surface area contributed by atoms with Crippen LogP contribution in [0.1, 0.15) is 25.0 Å². The summed E-state index contributed by atoms with van der Waals surface area (Å²) >= 11 is 0. The number of nitrogens with two attached hydrogens (primary N) is 1. The number of nitrogens with zero attached hydrogens (tertiary/aromatic N) is 4. The minimum atomic E-state index is -0.187. The number of carbonyl (C=O) groups is 2. The molecule has 1 saturated heterocycles. The zero-order chi connectivity index (χ0) is 14.4. The lowest BCUT2D eigenvalue weighted by atomic mass is 10.3. The molecule has 0 spiro atoms. The van der Waals surface area contributed by atoms with Gasteiger partial charge in [0.15, 0.2) is 0 Å². The van der Waals surface area contributed by atoms with Gasteiger partial charge in [-0.05, 0) is 12.8 Å². The lowest BCUT2D eigenvalue weighted by molar-refractivity contribution is -0.130. The summed E-state index contributed by atoms with van der Waals surface area (Å²) in [6, 6.07) is 0. The molecule has 0 saturated carbocycles. The highest BCUT2D eigenvalue weighted by Gasteiger charge is 2.17. The van der Waals surface area contributed by atoms with Gasteiger partial charge in [0.25, 0.3) is 0 Å². The van der Waals surface area contributed by atoms with Crippen molar-refractivity contribution in [2.45, 2.75) is 32.4 Å². The van der Waals surface area contributed by atoms with Crippen LogP contribution in [-0.2, 0) is 22.7 Å². The second kappa shape index (κ2) is 6.99. The highest BCUT2D eigenvalue weighted by atomic mass is 16.2. The molecule has 0 unspecified atom stereocenters. The fourth-order valence-corrected chi connectivity index (χ4v) is 2.15. The lowest BCUT2D eigenvalue weighted by Crippen LogP contribution is -2.34. The van der Waals surface area contributed by atoms with Crippen LogP contribution >= 0.6 is 0 Å². The Hall–Kier alpha value is -1.96. The van der Waals surface area contributed by atoms with Gasteiger partial charge in [0.2, 0.25) is 11.8 Å². The van der Waals surface area contributed by atoms with E-state index in [1.165, 1.54) is 4.68 Å². The second-order valence-electron chi connectivity index (χ2n) is 4.80. The molecular formula is C12H20N6O2. The summed E-state index contributed by atoms with van der Waals surface area (Å²) in [5, 5.41) is 10.3. The maximum Gasteiger partial charge on any atom is 0.241 e. The third kappa shape index (κ3) is 4.02. The molecule has 1 aliphatic heterocycles. The number of nitrogens with one attached hydrogen (secondary N) is 1. The normalized spacial score (nSPS) is 14.6. The Kier molecular flexibility index (Phi) is 5.05. The van der Waals surface area contributed by atoms with Crippen LogP contribution in [0.15, 0.2) is 6.20 Å². The van der Waals surface area contributed by atoms with Crippen LogP contribution in [0.4, 0.5) is 0 Å². The SMILES string of the molecule is NCc1cn(CC(=O)NCCC(=O)N2CCCC2)nn1. The molecule has 0 aromatic carbocycles. The molecule has 2 amide bonds. The smallest absolute Gasteiger partial charge is 0.241 e. The number of hydrogen-bond donors (Lipinski definition) is 2. The van der Waals surface area contributed by atoms with Gasteiger partial charge in [0, 0.05) is 32.6 Å². The van der Waals surface area contributed by atoms with Gasteiger partial charge >= 0.3 is 0 Å². The summed E-state index contributed by atoms with van der Waals surface area (Å²) in [4.78, 5) is 25.3. The molecule has 0 bridgehead atoms. The van der Waals surface area contributed by atoms with Gasteiger partial charge in [-0.2, -0.15) is 0 Å². The number of hydrogen-bond acceptors (Lipinski definition) is 5. The van der Waals surface area contributed by atoms with Gasteiger partial charge in [-0.25, -0.2) is 4.68 Å². The van der Waals surface area contributed by atoms with Crippen molar-refractivity contribution in [1.29, 1.82) is 0 Å². The number of likely N-dealkylation sites (tertiary alicyclic amines) is 1. The van der Waals surface area contributed by atoms with Crippen LogP contribution in [-0.4, -0.2) is 51.3 Å². The van der Waals surface area contributed by atoms with Crippen molar-refractivity contribution in [1.82, 2.24) is 25.2 Å². The van der Waals surface area contributed by atoms with Gasteiger partial charge in [-0.1, -0.05) is 5.21 Å². The Labute approximate surface area is 117 Å². The summed E-state index contributed by atoms with van der Waals surface area (Å²) in [5.74, 6) is -0.0818. The number of aromatic nitrogens is 3. The Bertz CT molecular complexity index is 466. The Morgan fingerprint density at radius 3 is 2.75 bits per heavy atom. The van der Waals surface area contributed by atoms with Crippen LogP contribution in [0, 0.1) is 0 Å². The minimum Gasteiger partial charge on any atom is -0.354 e. The zero-order valence-electron chi connectivity index (χ0n) is 11.4. The van der Waals surface area contributed by atoms with Gasteiger partial charge < -0.3 is 16.0 Å². The van der Waals surface area contributed by atoms with Crippen LogP contribution < -0.4 is 11.1 Å². The fraction of sp³-hybridized carbons (Fsp3) is 0.667. The molecular weight excluding hydrogens is 260 g/mol. The largest absolute Gasteiger partial charge is 0.354 e. The number of amides is 2. The van der Waals surface area contributed by atoms with Gasteiger partial charge in [-0.3, -0.25) is 9.59 Å². The van der Waals surface area contributed by atoms with E-state index in [9.17, 15) is 9.59 Å². The molecule has 1 aromatic heterocycles. The van der Waals surface area contributed by atoms with E-state index in [1.54, 1.807) is 6.20 Å². The van der Waals surface area contributed by atoms with E-state index in [1.807, 2.05) is 4.90 Å². The maximum absolute atomic E-state index is 11.8. The highest BCUT2D eigenvalue weighted by molar-refractivity contribution is 5.79. The van der Waals surface area contributed by atoms with Gasteiger partial charge in [0.05, 0.1) is 11.9 Å². The van der Waals surface area contributed by atoms with E-state index in [0.717, 1.165) is 25.9 Å². The van der Waals surface area contributed by atoms with E-state index < -0.39 is 0 Å². The number of rotatable bonds is 6. The predicted octanol–water partition coefficient (Wildman–Crippen LogP) is -1.13. The van der Waals surface area contributed by atoms with Crippen LogP contribution in [0.2, 0.25) is 0 Å². The van der Waals surface area contributed by atoms with E-state index >= 15 is 0 Å². The minimum absolute atomic E-state index is 0.0882. The molecule has 1 fully saturated rings. The molecule has 3 N–H and O–H groups in total. The van der Waals surface area contributed by atoms with Crippen LogP contribution in [0.3, 0.4) is 0 Å². The monoisotopic (exact) mass is 280 g/mol. The maximum atomic E-state index is 11.8. The molecule has 8 heteroatoms. The molecule has 110 valence electrons. The van der Waals surface area contributed by atoms with Gasteiger partial charge in [-0.15, -0.1) is 5.10 Å². The lowest BCUT2D eigenvalue weighted by Gasteiger charge is -2.15. The van der Waals surface area contributed by atoms with Crippen molar-refractivity contribution in [3.05, 3.63) is 11.9 Å². The Balaban J connectivity index is 1.65. The van der Waals surface area contributed by atoms with Crippen molar-refractivity contribution in [2.75, 3.05) is 19.6 Å². The first kappa shape index (κ1) is 14.4. The Morgan fingerprint density at radius 1 is 1.35 bits per heavy atom. The summed E-state index contributed by atoms with van der Waals surface area (Å²) in [7, 11) is 0. The van der Waals surface area contributed by atoms with Gasteiger partial charge in [0.1, 0.15) is 6.54 Å². The Morgan fingerprint density at radius 2 is 2.10 bits per heavy atom. The van der Waals surface area contributed by atoms with Crippen molar-refractivity contribution in [2.24, 2.45) is 5.73 Å². The third-order valence-electron chi connectivity index (χ3n) is 3.22. The van der Waals surface area contributed by atoms with Crippen molar-refractivity contribution in [3.63, 3.8) is 0 Å². The number of carbonyl (C=O) groups excluding carboxylic acids is 2. The van der Waals surface area contributed by atoms with E-state index in [2.05, 4.69) is 15.6 Å². The van der Waals surface area contributed by atoms with E-state index in [0.29, 0.717) is 25.2 Å². The van der Waals surface area contributed by atoms with E-state index in [4.69, 9.17) is 5.73 Å². The second-order valence-corrected chi connectivity index (χ2v) is 4.80. The van der Waals surface area contributed by atoms with Crippen LogP contribution in [0.5, 0.6) is 0 Å². The summed E-state index contributed by atoms with van der Waals surface area (Å²) in [6.07, 6.45) is 4.13. The molecule has 1 aromatic rings. The molecule has 0 atom stereocenters. The molecule has 0 aliphatic carbocycles. The molecule has 8 nitrogen and oxygen atoms in total. The molecule has 2 rings (SSSR count). The molecule has 20 heavy (non-hydrogen) atoms. The van der Waals surface area contributed by atoms with E-state index in [-0.39, 0.29) is 18.4 Å². The fourth-order valence-electron chi connectivity index (χ4n) is 2.15. The van der Waals surface area contributed by atoms with Crippen molar-refractivity contribution >= 4 is 11.8 Å².